The van der Waals surface area contributed by atoms with Crippen LogP contribution in [-0.2, 0) is 19.1 Å². The summed E-state index contributed by atoms with van der Waals surface area (Å²) in [7, 11) is 1.38. The quantitative estimate of drug-likeness (QED) is 0.617. The molecule has 2 aromatic rings. The second-order valence-electron chi connectivity index (χ2n) is 6.73. The lowest BCUT2D eigenvalue weighted by molar-refractivity contribution is -0.136. The topological polar surface area (TPSA) is 118 Å². The van der Waals surface area contributed by atoms with E-state index in [0.717, 1.165) is 4.90 Å². The average molecular weight is 433 g/mol. The molecule has 9 nitrogen and oxygen atoms in total. The summed E-state index contributed by atoms with van der Waals surface area (Å²) < 4.78 is 22.9. The van der Waals surface area contributed by atoms with Gasteiger partial charge in [0.1, 0.15) is 11.5 Å². The van der Waals surface area contributed by atoms with Crippen LogP contribution in [0.5, 0.6) is 0 Å². The van der Waals surface area contributed by atoms with Gasteiger partial charge in [-0.3, -0.25) is 9.59 Å². The smallest absolute Gasteiger partial charge is 0.355 e. The number of esters is 2. The van der Waals surface area contributed by atoms with Crippen LogP contribution in [0.1, 0.15) is 39.0 Å². The first-order valence-electron chi connectivity index (χ1n) is 9.46. The lowest BCUT2D eigenvalue weighted by Crippen LogP contribution is -2.37. The van der Waals surface area contributed by atoms with Crippen LogP contribution < -0.4 is 5.32 Å². The van der Waals surface area contributed by atoms with E-state index in [1.165, 1.54) is 31.3 Å². The SMILES string of the molecule is CCOC(=O)c1[nH]c(C)c(C(=O)OCC(=O)N(C)CC(=O)Nc2ccc(F)cc2)c1C. The van der Waals surface area contributed by atoms with Gasteiger partial charge in [0, 0.05) is 18.4 Å². The largest absolute Gasteiger partial charge is 0.461 e. The summed E-state index contributed by atoms with van der Waals surface area (Å²) in [6.07, 6.45) is 0. The molecule has 1 aromatic heterocycles. The molecular formula is C21H24FN3O6. The maximum atomic E-state index is 12.9. The van der Waals surface area contributed by atoms with E-state index in [1.54, 1.807) is 20.8 Å². The number of rotatable bonds is 8. The number of nitrogens with one attached hydrogen (secondary N) is 2. The molecular weight excluding hydrogens is 409 g/mol. The molecule has 1 aromatic carbocycles. The molecule has 31 heavy (non-hydrogen) atoms. The first-order valence-corrected chi connectivity index (χ1v) is 9.46. The van der Waals surface area contributed by atoms with Crippen molar-refractivity contribution in [1.29, 1.82) is 0 Å². The van der Waals surface area contributed by atoms with Crippen LogP contribution in [0.2, 0.25) is 0 Å². The number of anilines is 1. The van der Waals surface area contributed by atoms with Crippen molar-refractivity contribution >= 4 is 29.4 Å². The molecule has 0 saturated heterocycles. The van der Waals surface area contributed by atoms with Crippen molar-refractivity contribution in [3.63, 3.8) is 0 Å². The predicted molar refractivity (Wildman–Crippen MR) is 109 cm³/mol. The molecule has 2 N–H and O–H groups in total. The summed E-state index contributed by atoms with van der Waals surface area (Å²) in [6, 6.07) is 5.18. The number of likely N-dealkylation sites (N-methyl/N-ethyl adjacent to an activating group) is 1. The number of aromatic nitrogens is 1. The van der Waals surface area contributed by atoms with Crippen LogP contribution in [0.4, 0.5) is 10.1 Å². The lowest BCUT2D eigenvalue weighted by atomic mass is 10.1. The van der Waals surface area contributed by atoms with E-state index in [4.69, 9.17) is 9.47 Å². The van der Waals surface area contributed by atoms with Crippen LogP contribution in [0.25, 0.3) is 0 Å². The van der Waals surface area contributed by atoms with E-state index in [2.05, 4.69) is 10.3 Å². The van der Waals surface area contributed by atoms with Gasteiger partial charge in [-0.2, -0.15) is 0 Å². The summed E-state index contributed by atoms with van der Waals surface area (Å²) >= 11 is 0. The molecule has 0 aliphatic rings. The second kappa shape index (κ2) is 10.4. The highest BCUT2D eigenvalue weighted by molar-refractivity contribution is 5.99. The van der Waals surface area contributed by atoms with E-state index < -0.39 is 36.2 Å². The first kappa shape index (κ1) is 23.6. The fourth-order valence-electron chi connectivity index (χ4n) is 2.81. The molecule has 2 amide bonds. The average Bonchev–Trinajstić information content (AvgIpc) is 3.02. The normalized spacial score (nSPS) is 10.4. The number of hydrogen-bond donors (Lipinski definition) is 2. The summed E-state index contributed by atoms with van der Waals surface area (Å²) in [4.78, 5) is 52.5. The summed E-state index contributed by atoms with van der Waals surface area (Å²) in [5.41, 5.74) is 1.44. The van der Waals surface area contributed by atoms with E-state index in [0.29, 0.717) is 16.9 Å². The predicted octanol–water partition coefficient (Wildman–Crippen LogP) is 2.20. The highest BCUT2D eigenvalue weighted by Gasteiger charge is 2.25. The van der Waals surface area contributed by atoms with Crippen molar-refractivity contribution in [2.24, 2.45) is 0 Å². The number of benzene rings is 1. The fourth-order valence-corrected chi connectivity index (χ4v) is 2.81. The van der Waals surface area contributed by atoms with E-state index in [1.807, 2.05) is 0 Å². The number of H-pyrrole nitrogens is 1. The first-order chi connectivity index (χ1) is 14.6. The molecule has 166 valence electrons. The third-order valence-corrected chi connectivity index (χ3v) is 4.38. The molecule has 1 heterocycles. The van der Waals surface area contributed by atoms with Crippen LogP contribution in [0.3, 0.4) is 0 Å². The van der Waals surface area contributed by atoms with Crippen molar-refractivity contribution in [3.8, 4) is 0 Å². The number of aryl methyl sites for hydroxylation is 1. The Labute approximate surface area is 178 Å². The minimum absolute atomic E-state index is 0.146. The Morgan fingerprint density at radius 3 is 2.32 bits per heavy atom. The molecule has 0 aliphatic heterocycles. The van der Waals surface area contributed by atoms with Gasteiger partial charge < -0.3 is 24.7 Å². The second-order valence-corrected chi connectivity index (χ2v) is 6.73. The Balaban J connectivity index is 1.91. The van der Waals surface area contributed by atoms with Gasteiger partial charge in [0.2, 0.25) is 5.91 Å². The zero-order chi connectivity index (χ0) is 23.1. The van der Waals surface area contributed by atoms with Crippen LogP contribution in [-0.4, -0.2) is 60.4 Å². The number of nitrogens with zero attached hydrogens (tertiary/aromatic N) is 1. The van der Waals surface area contributed by atoms with Gasteiger partial charge in [-0.1, -0.05) is 0 Å². The number of amides is 2. The molecule has 2 rings (SSSR count). The number of carbonyl (C=O) groups is 4. The van der Waals surface area contributed by atoms with Crippen LogP contribution >= 0.6 is 0 Å². The van der Waals surface area contributed by atoms with Gasteiger partial charge in [0.25, 0.3) is 5.91 Å². The van der Waals surface area contributed by atoms with Crippen LogP contribution in [0, 0.1) is 19.7 Å². The number of hydrogen-bond acceptors (Lipinski definition) is 6. The zero-order valence-corrected chi connectivity index (χ0v) is 17.7. The summed E-state index contributed by atoms with van der Waals surface area (Å²) in [5.74, 6) is -2.90. The maximum absolute atomic E-state index is 12.9. The monoisotopic (exact) mass is 433 g/mol. The fraction of sp³-hybridized carbons (Fsp3) is 0.333. The minimum atomic E-state index is -0.778. The van der Waals surface area contributed by atoms with Gasteiger partial charge in [-0.05, 0) is 50.6 Å². The minimum Gasteiger partial charge on any atom is -0.461 e. The highest BCUT2D eigenvalue weighted by atomic mass is 19.1. The zero-order valence-electron chi connectivity index (χ0n) is 17.7. The molecule has 0 bridgehead atoms. The van der Waals surface area contributed by atoms with Gasteiger partial charge in [0.05, 0.1) is 18.7 Å². The van der Waals surface area contributed by atoms with Crippen LogP contribution in [0.15, 0.2) is 24.3 Å². The third-order valence-electron chi connectivity index (χ3n) is 4.38. The molecule has 0 spiro atoms. The van der Waals surface area contributed by atoms with Crippen molar-refractivity contribution in [2.45, 2.75) is 20.8 Å². The molecule has 0 atom stereocenters. The third kappa shape index (κ3) is 6.14. The number of carbonyl (C=O) groups excluding carboxylic acids is 4. The number of ether oxygens (including phenoxy) is 2. The Morgan fingerprint density at radius 1 is 1.06 bits per heavy atom. The Bertz CT molecular complexity index is 984. The van der Waals surface area contributed by atoms with Crippen molar-refractivity contribution in [2.75, 3.05) is 32.1 Å². The van der Waals surface area contributed by atoms with Gasteiger partial charge in [-0.15, -0.1) is 0 Å². The van der Waals surface area contributed by atoms with Crippen molar-refractivity contribution in [1.82, 2.24) is 9.88 Å². The number of aromatic amines is 1. The van der Waals surface area contributed by atoms with Crippen molar-refractivity contribution < 1.29 is 33.0 Å². The lowest BCUT2D eigenvalue weighted by Gasteiger charge is -2.17. The van der Waals surface area contributed by atoms with Gasteiger partial charge in [0.15, 0.2) is 6.61 Å². The Hall–Kier alpha value is -3.69. The summed E-state index contributed by atoms with van der Waals surface area (Å²) in [6.45, 7) is 4.15. The molecule has 0 aliphatic carbocycles. The number of halogens is 1. The van der Waals surface area contributed by atoms with E-state index in [-0.39, 0.29) is 24.4 Å². The van der Waals surface area contributed by atoms with Crippen molar-refractivity contribution in [3.05, 3.63) is 52.6 Å². The van der Waals surface area contributed by atoms with Gasteiger partial charge in [-0.25, -0.2) is 14.0 Å². The van der Waals surface area contributed by atoms with E-state index >= 15 is 0 Å². The Morgan fingerprint density at radius 2 is 1.71 bits per heavy atom. The van der Waals surface area contributed by atoms with E-state index in [9.17, 15) is 23.6 Å². The highest BCUT2D eigenvalue weighted by Crippen LogP contribution is 2.20. The molecule has 0 radical (unpaired) electrons. The van der Waals surface area contributed by atoms with Gasteiger partial charge >= 0.3 is 11.9 Å². The molecule has 0 unspecified atom stereocenters. The maximum Gasteiger partial charge on any atom is 0.355 e. The Kier molecular flexibility index (Phi) is 7.89. The summed E-state index contributed by atoms with van der Waals surface area (Å²) in [5, 5.41) is 2.53. The molecule has 10 heteroatoms. The molecule has 0 fully saturated rings. The standard InChI is InChI=1S/C21H24FN3O6/c1-5-30-21(29)19-12(2)18(13(3)23-19)20(28)31-11-17(27)25(4)10-16(26)24-15-8-6-14(22)7-9-15/h6-9,23H,5,10-11H2,1-4H3,(H,24,26). The molecule has 0 saturated carbocycles.